The van der Waals surface area contributed by atoms with Crippen LogP contribution in [0, 0.1) is 0 Å². The first-order valence-electron chi connectivity index (χ1n) is 5.69. The molecule has 1 amide bonds. The van der Waals surface area contributed by atoms with Gasteiger partial charge in [0.05, 0.1) is 6.04 Å². The van der Waals surface area contributed by atoms with Crippen LogP contribution in [-0.4, -0.2) is 43.0 Å². The van der Waals surface area contributed by atoms with Crippen molar-refractivity contribution in [2.75, 3.05) is 20.6 Å². The molecule has 0 bridgehead atoms. The summed E-state index contributed by atoms with van der Waals surface area (Å²) >= 11 is 0. The Morgan fingerprint density at radius 3 is 2.40 bits per heavy atom. The Hall–Kier alpha value is -0.610. The zero-order valence-electron chi connectivity index (χ0n) is 10.0. The van der Waals surface area contributed by atoms with Gasteiger partial charge in [0, 0.05) is 12.1 Å². The second-order valence-corrected chi connectivity index (χ2v) is 4.83. The van der Waals surface area contributed by atoms with Crippen molar-refractivity contribution in [2.24, 2.45) is 5.73 Å². The van der Waals surface area contributed by atoms with Crippen molar-refractivity contribution in [1.29, 1.82) is 0 Å². The number of nitrogens with zero attached hydrogens (tertiary/aromatic N) is 1. The van der Waals surface area contributed by atoms with E-state index in [1.807, 2.05) is 0 Å². The fraction of sp³-hybridized carbons (Fsp3) is 0.909. The first-order valence-corrected chi connectivity index (χ1v) is 5.69. The van der Waals surface area contributed by atoms with E-state index in [1.54, 1.807) is 6.92 Å². The van der Waals surface area contributed by atoms with Crippen LogP contribution in [0.4, 0.5) is 0 Å². The summed E-state index contributed by atoms with van der Waals surface area (Å²) in [6, 6.07) is -0.411. The van der Waals surface area contributed by atoms with Crippen LogP contribution in [0.25, 0.3) is 0 Å². The molecule has 1 fully saturated rings. The summed E-state index contributed by atoms with van der Waals surface area (Å²) in [5, 5.41) is 2.94. The van der Waals surface area contributed by atoms with E-state index in [4.69, 9.17) is 5.73 Å². The predicted molar refractivity (Wildman–Crippen MR) is 61.5 cm³/mol. The van der Waals surface area contributed by atoms with Gasteiger partial charge in [-0.25, -0.2) is 0 Å². The fourth-order valence-electron chi connectivity index (χ4n) is 2.23. The van der Waals surface area contributed by atoms with Crippen molar-refractivity contribution < 1.29 is 4.79 Å². The van der Waals surface area contributed by atoms with Gasteiger partial charge in [0.1, 0.15) is 0 Å². The average molecular weight is 213 g/mol. The summed E-state index contributed by atoms with van der Waals surface area (Å²) in [5.41, 5.74) is 5.67. The number of likely N-dealkylation sites (N-methyl/N-ethyl adjacent to an activating group) is 1. The first-order chi connectivity index (χ1) is 6.98. The standard InChI is InChI=1S/C11H23N3O/c1-9(12)10(15)13-8-11(14(2)3)6-4-5-7-11/h9H,4-8,12H2,1-3H3,(H,13,15). The number of carbonyl (C=O) groups is 1. The Kier molecular flexibility index (Phi) is 4.11. The van der Waals surface area contributed by atoms with Gasteiger partial charge in [-0.3, -0.25) is 4.79 Å². The molecule has 0 aliphatic heterocycles. The summed E-state index contributed by atoms with van der Waals surface area (Å²) < 4.78 is 0. The smallest absolute Gasteiger partial charge is 0.236 e. The van der Waals surface area contributed by atoms with Crippen LogP contribution < -0.4 is 11.1 Å². The monoisotopic (exact) mass is 213 g/mol. The fourth-order valence-corrected chi connectivity index (χ4v) is 2.23. The first kappa shape index (κ1) is 12.5. The van der Waals surface area contributed by atoms with Crippen LogP contribution in [0.5, 0.6) is 0 Å². The third kappa shape index (κ3) is 2.92. The van der Waals surface area contributed by atoms with Crippen molar-refractivity contribution in [3.05, 3.63) is 0 Å². The molecule has 0 aromatic rings. The lowest BCUT2D eigenvalue weighted by Crippen LogP contribution is -2.52. The normalized spacial score (nSPS) is 21.7. The van der Waals surface area contributed by atoms with Crippen LogP contribution in [0.1, 0.15) is 32.6 Å². The van der Waals surface area contributed by atoms with Crippen LogP contribution in [0.3, 0.4) is 0 Å². The van der Waals surface area contributed by atoms with Gasteiger partial charge >= 0.3 is 0 Å². The molecular formula is C11H23N3O. The molecule has 1 aliphatic carbocycles. The van der Waals surface area contributed by atoms with Gasteiger partial charge in [0.25, 0.3) is 0 Å². The molecule has 0 spiro atoms. The Labute approximate surface area is 92.2 Å². The summed E-state index contributed by atoms with van der Waals surface area (Å²) in [5.74, 6) is -0.0527. The third-order valence-corrected chi connectivity index (χ3v) is 3.49. The molecule has 3 N–H and O–H groups in total. The number of nitrogens with one attached hydrogen (secondary N) is 1. The molecule has 1 rings (SSSR count). The van der Waals surface area contributed by atoms with E-state index in [2.05, 4.69) is 24.3 Å². The molecule has 88 valence electrons. The highest BCUT2D eigenvalue weighted by molar-refractivity contribution is 5.81. The maximum Gasteiger partial charge on any atom is 0.236 e. The summed E-state index contributed by atoms with van der Waals surface area (Å²) in [7, 11) is 4.17. The predicted octanol–water partition coefficient (Wildman–Crippen LogP) is 0.324. The molecule has 4 heteroatoms. The maximum absolute atomic E-state index is 11.4. The van der Waals surface area contributed by atoms with Crippen LogP contribution in [0.15, 0.2) is 0 Å². The quantitative estimate of drug-likeness (QED) is 0.707. The lowest BCUT2D eigenvalue weighted by atomic mass is 9.96. The maximum atomic E-state index is 11.4. The summed E-state index contributed by atoms with van der Waals surface area (Å²) in [4.78, 5) is 13.6. The highest BCUT2D eigenvalue weighted by Crippen LogP contribution is 2.32. The van der Waals surface area contributed by atoms with Gasteiger partial charge in [0.15, 0.2) is 0 Å². The van der Waals surface area contributed by atoms with Gasteiger partial charge in [-0.2, -0.15) is 0 Å². The highest BCUT2D eigenvalue weighted by atomic mass is 16.2. The van der Waals surface area contributed by atoms with Gasteiger partial charge in [-0.15, -0.1) is 0 Å². The minimum absolute atomic E-state index is 0.0527. The molecule has 0 radical (unpaired) electrons. The summed E-state index contributed by atoms with van der Waals surface area (Å²) in [6.07, 6.45) is 4.84. The number of hydrogen-bond acceptors (Lipinski definition) is 3. The van der Waals surface area contributed by atoms with E-state index in [0.717, 1.165) is 6.54 Å². The van der Waals surface area contributed by atoms with Crippen LogP contribution in [-0.2, 0) is 4.79 Å². The van der Waals surface area contributed by atoms with E-state index in [9.17, 15) is 4.79 Å². The van der Waals surface area contributed by atoms with Gasteiger partial charge in [-0.05, 0) is 33.9 Å². The van der Waals surface area contributed by atoms with E-state index in [1.165, 1.54) is 25.7 Å². The second-order valence-electron chi connectivity index (χ2n) is 4.83. The molecule has 1 unspecified atom stereocenters. The molecule has 4 nitrogen and oxygen atoms in total. The largest absolute Gasteiger partial charge is 0.353 e. The average Bonchev–Trinajstić information content (AvgIpc) is 2.63. The minimum atomic E-state index is -0.411. The van der Waals surface area contributed by atoms with Crippen LogP contribution >= 0.6 is 0 Å². The van der Waals surface area contributed by atoms with Crippen molar-refractivity contribution in [3.63, 3.8) is 0 Å². The van der Waals surface area contributed by atoms with Crippen molar-refractivity contribution in [1.82, 2.24) is 10.2 Å². The number of rotatable bonds is 4. The molecule has 0 aromatic heterocycles. The topological polar surface area (TPSA) is 58.4 Å². The van der Waals surface area contributed by atoms with E-state index in [0.29, 0.717) is 0 Å². The molecule has 0 saturated heterocycles. The summed E-state index contributed by atoms with van der Waals surface area (Å²) in [6.45, 7) is 2.44. The van der Waals surface area contributed by atoms with Gasteiger partial charge in [-0.1, -0.05) is 12.8 Å². The number of amides is 1. The number of hydrogen-bond donors (Lipinski definition) is 2. The van der Waals surface area contributed by atoms with Crippen LogP contribution in [0.2, 0.25) is 0 Å². The SMILES string of the molecule is CC(N)C(=O)NCC1(N(C)C)CCCC1. The Balaban J connectivity index is 2.50. The number of carbonyl (C=O) groups excluding carboxylic acids is 1. The Morgan fingerprint density at radius 2 is 2.00 bits per heavy atom. The highest BCUT2D eigenvalue weighted by Gasteiger charge is 2.36. The Bertz CT molecular complexity index is 220. The molecule has 0 heterocycles. The number of nitrogens with two attached hydrogens (primary N) is 1. The second kappa shape index (κ2) is 4.94. The zero-order chi connectivity index (χ0) is 11.5. The third-order valence-electron chi connectivity index (χ3n) is 3.49. The molecule has 0 aromatic carbocycles. The molecule has 1 aliphatic rings. The zero-order valence-corrected chi connectivity index (χ0v) is 10.0. The molecule has 1 saturated carbocycles. The van der Waals surface area contributed by atoms with Gasteiger partial charge in [0.2, 0.25) is 5.91 Å². The molecule has 1 atom stereocenters. The lowest BCUT2D eigenvalue weighted by molar-refractivity contribution is -0.122. The Morgan fingerprint density at radius 1 is 1.47 bits per heavy atom. The van der Waals surface area contributed by atoms with E-state index >= 15 is 0 Å². The van der Waals surface area contributed by atoms with E-state index < -0.39 is 6.04 Å². The van der Waals surface area contributed by atoms with Gasteiger partial charge < -0.3 is 16.0 Å². The molecule has 15 heavy (non-hydrogen) atoms. The molecular weight excluding hydrogens is 190 g/mol. The van der Waals surface area contributed by atoms with Crippen molar-refractivity contribution in [2.45, 2.75) is 44.2 Å². The van der Waals surface area contributed by atoms with E-state index in [-0.39, 0.29) is 11.4 Å². The van der Waals surface area contributed by atoms with Crippen molar-refractivity contribution >= 4 is 5.91 Å². The lowest BCUT2D eigenvalue weighted by Gasteiger charge is -2.36. The van der Waals surface area contributed by atoms with Crippen molar-refractivity contribution in [3.8, 4) is 0 Å². The minimum Gasteiger partial charge on any atom is -0.353 e.